The number of rotatable bonds is 9. The molecule has 0 aromatic heterocycles. The van der Waals surface area contributed by atoms with Crippen LogP contribution in [0.4, 0.5) is 0 Å². The summed E-state index contributed by atoms with van der Waals surface area (Å²) < 4.78 is 5.08. The minimum Gasteiger partial charge on any atom is -0.497 e. The first-order valence-electron chi connectivity index (χ1n) is 6.62. The highest BCUT2D eigenvalue weighted by atomic mass is 16.5. The summed E-state index contributed by atoms with van der Waals surface area (Å²) in [4.78, 5) is 11.4. The van der Waals surface area contributed by atoms with E-state index in [0.717, 1.165) is 11.3 Å². The van der Waals surface area contributed by atoms with Gasteiger partial charge in [-0.25, -0.2) is 0 Å². The van der Waals surface area contributed by atoms with Gasteiger partial charge in [0, 0.05) is 0 Å². The molecule has 0 fully saturated rings. The summed E-state index contributed by atoms with van der Waals surface area (Å²) in [5.74, 6) is 0.297. The highest BCUT2D eigenvalue weighted by molar-refractivity contribution is 5.79. The highest BCUT2D eigenvalue weighted by Gasteiger charge is 2.20. The minimum absolute atomic E-state index is 0.126. The Labute approximate surface area is 119 Å². The van der Waals surface area contributed by atoms with Crippen LogP contribution in [0.2, 0.25) is 0 Å². The highest BCUT2D eigenvalue weighted by Crippen LogP contribution is 2.18. The Morgan fingerprint density at radius 1 is 1.40 bits per heavy atom. The van der Waals surface area contributed by atoms with Crippen LogP contribution >= 0.6 is 0 Å². The lowest BCUT2D eigenvalue weighted by atomic mass is 10.0. The number of benzene rings is 1. The Morgan fingerprint density at radius 2 is 2.05 bits per heavy atom. The molecule has 112 valence electrons. The molecule has 0 aliphatic carbocycles. The Kier molecular flexibility index (Phi) is 7.00. The molecule has 1 unspecified atom stereocenters. The number of nitrogens with one attached hydrogen (secondary N) is 1. The first-order chi connectivity index (χ1) is 9.62. The van der Waals surface area contributed by atoms with Gasteiger partial charge in [0.05, 0.1) is 25.8 Å². The molecule has 1 amide bonds. The van der Waals surface area contributed by atoms with E-state index in [0.29, 0.717) is 19.4 Å². The van der Waals surface area contributed by atoms with Crippen molar-refractivity contribution in [2.45, 2.75) is 24.9 Å². The standard InChI is InChI=1S/C14H23N3O3/c1-20-11-6-4-10(5-7-11)13(9-18)17-12(14(16)19)3-2-8-15/h4-7,12-13,17-18H,2-3,8-9,15H2,1H3,(H2,16,19)/t12-,13?/m0/s1. The number of hydrogen-bond acceptors (Lipinski definition) is 5. The van der Waals surface area contributed by atoms with Gasteiger partial charge in [0.1, 0.15) is 5.75 Å². The summed E-state index contributed by atoms with van der Waals surface area (Å²) in [5.41, 5.74) is 11.7. The van der Waals surface area contributed by atoms with E-state index in [1.807, 2.05) is 12.1 Å². The van der Waals surface area contributed by atoms with Crippen LogP contribution in [-0.4, -0.2) is 37.3 Å². The molecule has 6 heteroatoms. The van der Waals surface area contributed by atoms with Crippen LogP contribution in [-0.2, 0) is 4.79 Å². The van der Waals surface area contributed by atoms with E-state index in [2.05, 4.69) is 5.32 Å². The van der Waals surface area contributed by atoms with Crippen molar-refractivity contribution in [2.75, 3.05) is 20.3 Å². The average molecular weight is 281 g/mol. The Bertz CT molecular complexity index is 409. The van der Waals surface area contributed by atoms with Gasteiger partial charge in [0.25, 0.3) is 0 Å². The van der Waals surface area contributed by atoms with E-state index in [-0.39, 0.29) is 12.6 Å². The van der Waals surface area contributed by atoms with Gasteiger partial charge in [-0.3, -0.25) is 10.1 Å². The first kappa shape index (κ1) is 16.4. The molecule has 0 aliphatic rings. The maximum Gasteiger partial charge on any atom is 0.234 e. The Morgan fingerprint density at radius 3 is 2.50 bits per heavy atom. The summed E-state index contributed by atoms with van der Waals surface area (Å²) in [6.07, 6.45) is 1.25. The lowest BCUT2D eigenvalue weighted by molar-refractivity contribution is -0.120. The van der Waals surface area contributed by atoms with Crippen molar-refractivity contribution in [3.05, 3.63) is 29.8 Å². The second-order valence-electron chi connectivity index (χ2n) is 4.56. The number of nitrogens with two attached hydrogens (primary N) is 2. The van der Waals surface area contributed by atoms with E-state index in [1.165, 1.54) is 0 Å². The molecular formula is C14H23N3O3. The lowest BCUT2D eigenvalue weighted by Gasteiger charge is -2.23. The fourth-order valence-electron chi connectivity index (χ4n) is 1.96. The smallest absolute Gasteiger partial charge is 0.234 e. The zero-order valence-electron chi connectivity index (χ0n) is 11.7. The van der Waals surface area contributed by atoms with Crippen LogP contribution in [0.15, 0.2) is 24.3 Å². The van der Waals surface area contributed by atoms with Crippen molar-refractivity contribution >= 4 is 5.91 Å². The number of hydrogen-bond donors (Lipinski definition) is 4. The molecule has 20 heavy (non-hydrogen) atoms. The molecule has 6 nitrogen and oxygen atoms in total. The molecule has 1 aromatic carbocycles. The maximum atomic E-state index is 11.4. The van der Waals surface area contributed by atoms with Crippen molar-refractivity contribution in [3.63, 3.8) is 0 Å². The number of carbonyl (C=O) groups is 1. The van der Waals surface area contributed by atoms with Gasteiger partial charge in [-0.2, -0.15) is 0 Å². The second-order valence-corrected chi connectivity index (χ2v) is 4.56. The number of aliphatic hydroxyl groups excluding tert-OH is 1. The number of carbonyl (C=O) groups excluding carboxylic acids is 1. The maximum absolute atomic E-state index is 11.4. The summed E-state index contributed by atoms with van der Waals surface area (Å²) in [7, 11) is 1.59. The van der Waals surface area contributed by atoms with Crippen LogP contribution in [0.5, 0.6) is 5.75 Å². The number of ether oxygens (including phenoxy) is 1. The van der Waals surface area contributed by atoms with Gasteiger partial charge >= 0.3 is 0 Å². The molecule has 2 atom stereocenters. The van der Waals surface area contributed by atoms with E-state index >= 15 is 0 Å². The zero-order valence-corrected chi connectivity index (χ0v) is 11.7. The topological polar surface area (TPSA) is 111 Å². The average Bonchev–Trinajstić information content (AvgIpc) is 2.47. The van der Waals surface area contributed by atoms with Gasteiger partial charge in [-0.15, -0.1) is 0 Å². The van der Waals surface area contributed by atoms with Crippen LogP contribution in [0, 0.1) is 0 Å². The second kappa shape index (κ2) is 8.52. The van der Waals surface area contributed by atoms with Crippen molar-refractivity contribution in [1.29, 1.82) is 0 Å². The summed E-state index contributed by atoms with van der Waals surface area (Å²) in [5, 5.41) is 12.6. The van der Waals surface area contributed by atoms with E-state index in [1.54, 1.807) is 19.2 Å². The molecule has 0 heterocycles. The minimum atomic E-state index is -0.502. The molecule has 1 aromatic rings. The molecule has 0 saturated carbocycles. The third-order valence-electron chi connectivity index (χ3n) is 3.14. The Hall–Kier alpha value is -1.63. The molecule has 0 spiro atoms. The quantitative estimate of drug-likeness (QED) is 0.505. The zero-order chi connectivity index (χ0) is 15.0. The predicted octanol–water partition coefficient (Wildman–Crippen LogP) is -0.0890. The van der Waals surface area contributed by atoms with Crippen molar-refractivity contribution in [3.8, 4) is 5.75 Å². The van der Waals surface area contributed by atoms with Gasteiger partial charge in [-0.05, 0) is 37.1 Å². The summed E-state index contributed by atoms with van der Waals surface area (Å²) in [6, 6.07) is 6.44. The monoisotopic (exact) mass is 281 g/mol. The third-order valence-corrected chi connectivity index (χ3v) is 3.14. The lowest BCUT2D eigenvalue weighted by Crippen LogP contribution is -2.44. The number of amides is 1. The normalized spacial score (nSPS) is 13.8. The summed E-state index contributed by atoms with van der Waals surface area (Å²) >= 11 is 0. The van der Waals surface area contributed by atoms with Gasteiger partial charge in [0.15, 0.2) is 0 Å². The molecule has 0 aliphatic heterocycles. The summed E-state index contributed by atoms with van der Waals surface area (Å²) in [6.45, 7) is 0.372. The SMILES string of the molecule is COc1ccc(C(CO)N[C@@H](CCCN)C(N)=O)cc1. The fraction of sp³-hybridized carbons (Fsp3) is 0.500. The van der Waals surface area contributed by atoms with E-state index in [9.17, 15) is 9.90 Å². The molecule has 0 bridgehead atoms. The van der Waals surface area contributed by atoms with E-state index in [4.69, 9.17) is 16.2 Å². The predicted molar refractivity (Wildman–Crippen MR) is 77.2 cm³/mol. The third kappa shape index (κ3) is 4.80. The number of primary amides is 1. The van der Waals surface area contributed by atoms with Gasteiger partial charge in [-0.1, -0.05) is 12.1 Å². The first-order valence-corrected chi connectivity index (χ1v) is 6.62. The molecule has 1 rings (SSSR count). The molecule has 0 saturated heterocycles. The van der Waals surface area contributed by atoms with Crippen LogP contribution in [0.1, 0.15) is 24.4 Å². The largest absolute Gasteiger partial charge is 0.497 e. The molecular weight excluding hydrogens is 258 g/mol. The van der Waals surface area contributed by atoms with Crippen molar-refractivity contribution in [2.24, 2.45) is 11.5 Å². The molecule has 6 N–H and O–H groups in total. The van der Waals surface area contributed by atoms with Gasteiger partial charge < -0.3 is 21.3 Å². The fourth-order valence-corrected chi connectivity index (χ4v) is 1.96. The molecule has 0 radical (unpaired) electrons. The van der Waals surface area contributed by atoms with Gasteiger partial charge in [0.2, 0.25) is 5.91 Å². The Balaban J connectivity index is 2.74. The van der Waals surface area contributed by atoms with Crippen LogP contribution in [0.3, 0.4) is 0 Å². The number of methoxy groups -OCH3 is 1. The van der Waals surface area contributed by atoms with Crippen LogP contribution < -0.4 is 21.5 Å². The van der Waals surface area contributed by atoms with E-state index < -0.39 is 11.9 Å². The number of aliphatic hydroxyl groups is 1. The van der Waals surface area contributed by atoms with Crippen molar-refractivity contribution < 1.29 is 14.6 Å². The van der Waals surface area contributed by atoms with Crippen LogP contribution in [0.25, 0.3) is 0 Å². The van der Waals surface area contributed by atoms with Crippen molar-refractivity contribution in [1.82, 2.24) is 5.32 Å².